The number of hydrogen-bond acceptors (Lipinski definition) is 3. The number of nitrogens with one attached hydrogen (secondary N) is 1. The van der Waals surface area contributed by atoms with Crippen LogP contribution < -0.4 is 14.8 Å². The van der Waals surface area contributed by atoms with Gasteiger partial charge in [0.05, 0.1) is 13.2 Å². The van der Waals surface area contributed by atoms with Crippen LogP contribution in [0.3, 0.4) is 0 Å². The van der Waals surface area contributed by atoms with Gasteiger partial charge in [-0.25, -0.2) is 0 Å². The highest BCUT2D eigenvalue weighted by molar-refractivity contribution is 5.81. The Morgan fingerprint density at radius 2 is 1.66 bits per heavy atom. The standard InChI is InChI=1S/C25H35NO3/c1-16(2)14-23(20-9-11-21(28-7)12-10-20)26-25(27)19(6)29-24-15-18(5)8-13-22(24)17(3)4/h8-13,15-17,19,23H,14H2,1-7H3,(H,26,27)/t19-,23-/m1/s1. The molecular formula is C25H35NO3. The molecule has 2 atom stereocenters. The minimum atomic E-state index is -0.581. The van der Waals surface area contributed by atoms with Crippen LogP contribution in [0, 0.1) is 12.8 Å². The molecule has 158 valence electrons. The Kier molecular flexibility index (Phi) is 8.12. The van der Waals surface area contributed by atoms with Gasteiger partial charge in [0, 0.05) is 0 Å². The van der Waals surface area contributed by atoms with E-state index in [0.29, 0.717) is 11.8 Å². The van der Waals surface area contributed by atoms with E-state index in [1.165, 1.54) is 0 Å². The first-order chi connectivity index (χ1) is 13.7. The summed E-state index contributed by atoms with van der Waals surface area (Å²) < 4.78 is 11.3. The van der Waals surface area contributed by atoms with Crippen molar-refractivity contribution in [1.29, 1.82) is 0 Å². The van der Waals surface area contributed by atoms with Gasteiger partial charge < -0.3 is 14.8 Å². The number of carbonyl (C=O) groups excluding carboxylic acids is 1. The average Bonchev–Trinajstić information content (AvgIpc) is 2.67. The van der Waals surface area contributed by atoms with Crippen LogP contribution in [-0.2, 0) is 4.79 Å². The lowest BCUT2D eigenvalue weighted by Crippen LogP contribution is -2.39. The number of ether oxygens (including phenoxy) is 2. The number of amides is 1. The van der Waals surface area contributed by atoms with Gasteiger partial charge in [0.1, 0.15) is 11.5 Å². The highest BCUT2D eigenvalue weighted by Crippen LogP contribution is 2.29. The summed E-state index contributed by atoms with van der Waals surface area (Å²) >= 11 is 0. The number of carbonyl (C=O) groups is 1. The summed E-state index contributed by atoms with van der Waals surface area (Å²) in [4.78, 5) is 12.9. The third-order valence-electron chi connectivity index (χ3n) is 5.01. The lowest BCUT2D eigenvalue weighted by molar-refractivity contribution is -0.128. The molecular weight excluding hydrogens is 362 g/mol. The van der Waals surface area contributed by atoms with E-state index in [1.54, 1.807) is 7.11 Å². The third-order valence-corrected chi connectivity index (χ3v) is 5.01. The van der Waals surface area contributed by atoms with Gasteiger partial charge in [0.15, 0.2) is 6.10 Å². The average molecular weight is 398 g/mol. The molecule has 4 heteroatoms. The molecule has 0 spiro atoms. The van der Waals surface area contributed by atoms with Crippen LogP contribution in [0.25, 0.3) is 0 Å². The Labute approximate surface area is 175 Å². The van der Waals surface area contributed by atoms with Crippen molar-refractivity contribution in [2.75, 3.05) is 7.11 Å². The number of rotatable bonds is 9. The van der Waals surface area contributed by atoms with Crippen molar-refractivity contribution < 1.29 is 14.3 Å². The zero-order chi connectivity index (χ0) is 21.6. The van der Waals surface area contributed by atoms with Gasteiger partial charge in [-0.2, -0.15) is 0 Å². The molecule has 2 rings (SSSR count). The van der Waals surface area contributed by atoms with Gasteiger partial charge in [0.25, 0.3) is 5.91 Å². The zero-order valence-electron chi connectivity index (χ0n) is 18.8. The van der Waals surface area contributed by atoms with Crippen LogP contribution in [-0.4, -0.2) is 19.1 Å². The van der Waals surface area contributed by atoms with Crippen LogP contribution in [0.15, 0.2) is 42.5 Å². The second-order valence-corrected chi connectivity index (χ2v) is 8.42. The molecule has 29 heavy (non-hydrogen) atoms. The normalized spacial score (nSPS) is 13.3. The van der Waals surface area contributed by atoms with Crippen molar-refractivity contribution in [3.05, 3.63) is 59.2 Å². The first-order valence-corrected chi connectivity index (χ1v) is 10.4. The Hall–Kier alpha value is -2.49. The summed E-state index contributed by atoms with van der Waals surface area (Å²) in [6.45, 7) is 12.4. The molecule has 0 unspecified atom stereocenters. The molecule has 0 bridgehead atoms. The smallest absolute Gasteiger partial charge is 0.261 e. The third kappa shape index (κ3) is 6.52. The van der Waals surface area contributed by atoms with Crippen molar-refractivity contribution >= 4 is 5.91 Å². The van der Waals surface area contributed by atoms with E-state index in [0.717, 1.165) is 34.6 Å². The van der Waals surface area contributed by atoms with E-state index in [1.807, 2.05) is 44.2 Å². The predicted molar refractivity (Wildman–Crippen MR) is 119 cm³/mol. The maximum atomic E-state index is 12.9. The maximum Gasteiger partial charge on any atom is 0.261 e. The van der Waals surface area contributed by atoms with Gasteiger partial charge in [-0.05, 0) is 67.0 Å². The Morgan fingerprint density at radius 3 is 2.21 bits per heavy atom. The lowest BCUT2D eigenvalue weighted by Gasteiger charge is -2.24. The fourth-order valence-corrected chi connectivity index (χ4v) is 3.34. The monoisotopic (exact) mass is 397 g/mol. The largest absolute Gasteiger partial charge is 0.497 e. The molecule has 0 saturated carbocycles. The first kappa shape index (κ1) is 22.8. The van der Waals surface area contributed by atoms with Gasteiger partial charge in [-0.3, -0.25) is 4.79 Å². The van der Waals surface area contributed by atoms with Crippen molar-refractivity contribution in [1.82, 2.24) is 5.32 Å². The van der Waals surface area contributed by atoms with E-state index in [2.05, 4.69) is 45.1 Å². The fourth-order valence-electron chi connectivity index (χ4n) is 3.34. The van der Waals surface area contributed by atoms with Gasteiger partial charge >= 0.3 is 0 Å². The second-order valence-electron chi connectivity index (χ2n) is 8.42. The number of aryl methyl sites for hydroxylation is 1. The quantitative estimate of drug-likeness (QED) is 0.582. The highest BCUT2D eigenvalue weighted by Gasteiger charge is 2.22. The summed E-state index contributed by atoms with van der Waals surface area (Å²) in [6.07, 6.45) is 0.272. The molecule has 0 fully saturated rings. The molecule has 0 radical (unpaired) electrons. The Morgan fingerprint density at radius 1 is 1.00 bits per heavy atom. The summed E-state index contributed by atoms with van der Waals surface area (Å²) in [7, 11) is 1.65. The summed E-state index contributed by atoms with van der Waals surface area (Å²) in [6, 6.07) is 14.0. The number of benzene rings is 2. The van der Waals surface area contributed by atoms with E-state index >= 15 is 0 Å². The highest BCUT2D eigenvalue weighted by atomic mass is 16.5. The summed E-state index contributed by atoms with van der Waals surface area (Å²) in [5.41, 5.74) is 3.30. The molecule has 0 aromatic heterocycles. The Bertz CT molecular complexity index is 796. The SMILES string of the molecule is COc1ccc([C@@H](CC(C)C)NC(=O)[C@@H](C)Oc2cc(C)ccc2C(C)C)cc1. The summed E-state index contributed by atoms with van der Waals surface area (Å²) in [5.74, 6) is 2.26. The van der Waals surface area contributed by atoms with Crippen molar-refractivity contribution in [3.8, 4) is 11.5 Å². The lowest BCUT2D eigenvalue weighted by atomic mass is 9.96. The zero-order valence-corrected chi connectivity index (χ0v) is 18.8. The van der Waals surface area contributed by atoms with Crippen LogP contribution in [0.4, 0.5) is 0 Å². The van der Waals surface area contributed by atoms with Crippen LogP contribution in [0.1, 0.15) is 69.7 Å². The maximum absolute atomic E-state index is 12.9. The summed E-state index contributed by atoms with van der Waals surface area (Å²) in [5, 5.41) is 3.18. The van der Waals surface area contributed by atoms with Crippen LogP contribution in [0.2, 0.25) is 0 Å². The number of methoxy groups -OCH3 is 1. The van der Waals surface area contributed by atoms with E-state index in [-0.39, 0.29) is 11.9 Å². The molecule has 2 aromatic carbocycles. The van der Waals surface area contributed by atoms with Gasteiger partial charge in [-0.15, -0.1) is 0 Å². The topological polar surface area (TPSA) is 47.6 Å². The van der Waals surface area contributed by atoms with Crippen molar-refractivity contribution in [3.63, 3.8) is 0 Å². The van der Waals surface area contributed by atoms with Gasteiger partial charge in [0.2, 0.25) is 0 Å². The molecule has 0 saturated heterocycles. The molecule has 0 aliphatic rings. The first-order valence-electron chi connectivity index (χ1n) is 10.4. The van der Waals surface area contributed by atoms with Crippen LogP contribution >= 0.6 is 0 Å². The molecule has 0 heterocycles. The molecule has 1 N–H and O–H groups in total. The van der Waals surface area contributed by atoms with Gasteiger partial charge in [-0.1, -0.05) is 52.0 Å². The molecule has 0 aliphatic heterocycles. The predicted octanol–water partition coefficient (Wildman–Crippen LogP) is 5.80. The minimum Gasteiger partial charge on any atom is -0.497 e. The number of hydrogen-bond donors (Lipinski definition) is 1. The molecule has 0 aliphatic carbocycles. The molecule has 1 amide bonds. The van der Waals surface area contributed by atoms with Crippen molar-refractivity contribution in [2.24, 2.45) is 5.92 Å². The second kappa shape index (κ2) is 10.3. The van der Waals surface area contributed by atoms with E-state index < -0.39 is 6.10 Å². The minimum absolute atomic E-state index is 0.0680. The van der Waals surface area contributed by atoms with Crippen molar-refractivity contribution in [2.45, 2.75) is 66.0 Å². The molecule has 4 nitrogen and oxygen atoms in total. The van der Waals surface area contributed by atoms with Crippen LogP contribution in [0.5, 0.6) is 11.5 Å². The fraction of sp³-hybridized carbons (Fsp3) is 0.480. The van der Waals surface area contributed by atoms with E-state index in [9.17, 15) is 4.79 Å². The molecule has 2 aromatic rings. The van der Waals surface area contributed by atoms with E-state index in [4.69, 9.17) is 9.47 Å². The Balaban J connectivity index is 2.15.